The summed E-state index contributed by atoms with van der Waals surface area (Å²) in [7, 11) is 0. The Morgan fingerprint density at radius 3 is 2.40 bits per heavy atom. The van der Waals surface area contributed by atoms with Gasteiger partial charge in [0.05, 0.1) is 17.5 Å². The van der Waals surface area contributed by atoms with Crippen LogP contribution in [-0.4, -0.2) is 51.8 Å². The zero-order valence-corrected chi connectivity index (χ0v) is 20.6. The van der Waals surface area contributed by atoms with Crippen LogP contribution in [0.4, 0.5) is 11.4 Å². The molecule has 0 aliphatic carbocycles. The second kappa shape index (κ2) is 9.88. The van der Waals surface area contributed by atoms with E-state index in [1.54, 1.807) is 6.20 Å². The number of fused-ring (bicyclic) bond motifs is 1. The number of hydrogen-bond acceptors (Lipinski definition) is 5. The molecule has 2 aromatic carbocycles. The zero-order chi connectivity index (χ0) is 24.4. The summed E-state index contributed by atoms with van der Waals surface area (Å²) >= 11 is 0. The quantitative estimate of drug-likeness (QED) is 0.436. The topological polar surface area (TPSA) is 66.3 Å². The van der Waals surface area contributed by atoms with E-state index in [0.717, 1.165) is 49.4 Å². The standard InChI is InChI=1S/C28H32N6O/c1-20(2)34-27-23(18-29-34)17-26(21(3)30-27)28(35)31-24-9-11-25(12-10-24)33-15-13-32(14-16-33)19-22-7-5-4-6-8-22/h4-12,17-18,20H,13-16,19H2,1-3H3,(H,31,35). The first-order valence-corrected chi connectivity index (χ1v) is 12.3. The van der Waals surface area contributed by atoms with Crippen LogP contribution in [-0.2, 0) is 6.54 Å². The van der Waals surface area contributed by atoms with Gasteiger partial charge in [-0.05, 0) is 56.7 Å². The molecule has 0 unspecified atom stereocenters. The van der Waals surface area contributed by atoms with Crippen LogP contribution < -0.4 is 10.2 Å². The molecule has 1 fully saturated rings. The summed E-state index contributed by atoms with van der Waals surface area (Å²) in [5.74, 6) is -0.156. The van der Waals surface area contributed by atoms with E-state index in [2.05, 4.69) is 81.5 Å². The SMILES string of the molecule is Cc1nc2c(cnn2C(C)C)cc1C(=O)Nc1ccc(N2CCN(Cc3ccccc3)CC2)cc1. The van der Waals surface area contributed by atoms with E-state index in [0.29, 0.717) is 11.3 Å². The smallest absolute Gasteiger partial charge is 0.257 e. The van der Waals surface area contributed by atoms with E-state index in [9.17, 15) is 4.79 Å². The second-order valence-electron chi connectivity index (χ2n) is 9.47. The number of hydrogen-bond donors (Lipinski definition) is 1. The van der Waals surface area contributed by atoms with Gasteiger partial charge in [0.1, 0.15) is 0 Å². The maximum Gasteiger partial charge on any atom is 0.257 e. The van der Waals surface area contributed by atoms with E-state index in [1.165, 1.54) is 11.3 Å². The number of piperazine rings is 1. The van der Waals surface area contributed by atoms with Gasteiger partial charge in [-0.3, -0.25) is 9.69 Å². The molecular formula is C28H32N6O. The van der Waals surface area contributed by atoms with Crippen LogP contribution in [0.3, 0.4) is 0 Å². The number of nitrogens with zero attached hydrogens (tertiary/aromatic N) is 5. The largest absolute Gasteiger partial charge is 0.369 e. The summed E-state index contributed by atoms with van der Waals surface area (Å²) in [5.41, 5.74) is 5.39. The van der Waals surface area contributed by atoms with Crippen LogP contribution in [0.15, 0.2) is 66.9 Å². The summed E-state index contributed by atoms with van der Waals surface area (Å²) in [6.45, 7) is 11.1. The highest BCUT2D eigenvalue weighted by atomic mass is 16.1. The molecule has 4 aromatic rings. The van der Waals surface area contributed by atoms with Crippen molar-refractivity contribution >= 4 is 28.3 Å². The Morgan fingerprint density at radius 1 is 1.00 bits per heavy atom. The maximum absolute atomic E-state index is 13.0. The Hall–Kier alpha value is -3.71. The van der Waals surface area contributed by atoms with Crippen LogP contribution in [0.1, 0.15) is 41.5 Å². The number of carbonyl (C=O) groups is 1. The normalized spacial score (nSPS) is 14.6. The molecule has 1 aliphatic rings. The van der Waals surface area contributed by atoms with E-state index in [-0.39, 0.29) is 11.9 Å². The van der Waals surface area contributed by atoms with Crippen molar-refractivity contribution in [1.82, 2.24) is 19.7 Å². The zero-order valence-electron chi connectivity index (χ0n) is 20.6. The Bertz CT molecular complexity index is 1300. The summed E-state index contributed by atoms with van der Waals surface area (Å²) in [6.07, 6.45) is 1.77. The number of aryl methyl sites for hydroxylation is 1. The fourth-order valence-electron chi connectivity index (χ4n) is 4.63. The van der Waals surface area contributed by atoms with Crippen LogP contribution in [0.25, 0.3) is 11.0 Å². The number of benzene rings is 2. The molecular weight excluding hydrogens is 436 g/mol. The van der Waals surface area contributed by atoms with Crippen molar-refractivity contribution in [2.75, 3.05) is 36.4 Å². The first-order chi connectivity index (χ1) is 17.0. The Morgan fingerprint density at radius 2 is 1.71 bits per heavy atom. The highest BCUT2D eigenvalue weighted by Crippen LogP contribution is 2.23. The Kier molecular flexibility index (Phi) is 6.51. The van der Waals surface area contributed by atoms with Crippen molar-refractivity contribution in [3.63, 3.8) is 0 Å². The maximum atomic E-state index is 13.0. The third-order valence-corrected chi connectivity index (χ3v) is 6.61. The number of carbonyl (C=O) groups excluding carboxylic acids is 1. The third-order valence-electron chi connectivity index (χ3n) is 6.61. The third kappa shape index (κ3) is 5.05. The lowest BCUT2D eigenvalue weighted by Crippen LogP contribution is -2.45. The number of aromatic nitrogens is 3. The Labute approximate surface area is 206 Å². The summed E-state index contributed by atoms with van der Waals surface area (Å²) in [6, 6.07) is 20.8. The molecule has 3 heterocycles. The van der Waals surface area contributed by atoms with Crippen molar-refractivity contribution in [2.45, 2.75) is 33.4 Å². The number of nitrogens with one attached hydrogen (secondary N) is 1. The monoisotopic (exact) mass is 468 g/mol. The molecule has 0 radical (unpaired) electrons. The molecule has 5 rings (SSSR count). The van der Waals surface area contributed by atoms with Crippen LogP contribution in [0.5, 0.6) is 0 Å². The number of rotatable bonds is 6. The molecule has 0 bridgehead atoms. The lowest BCUT2D eigenvalue weighted by Gasteiger charge is -2.36. The van der Waals surface area contributed by atoms with E-state index in [4.69, 9.17) is 0 Å². The van der Waals surface area contributed by atoms with E-state index in [1.807, 2.05) is 29.8 Å². The summed E-state index contributed by atoms with van der Waals surface area (Å²) in [4.78, 5) is 22.6. The van der Waals surface area contributed by atoms with Gasteiger partial charge in [-0.2, -0.15) is 5.10 Å². The van der Waals surface area contributed by atoms with Crippen LogP contribution >= 0.6 is 0 Å². The lowest BCUT2D eigenvalue weighted by atomic mass is 10.1. The van der Waals surface area contributed by atoms with Crippen LogP contribution in [0, 0.1) is 6.92 Å². The highest BCUT2D eigenvalue weighted by molar-refractivity contribution is 6.06. The predicted octanol–water partition coefficient (Wildman–Crippen LogP) is 4.90. The highest BCUT2D eigenvalue weighted by Gasteiger charge is 2.18. The molecule has 2 aromatic heterocycles. The van der Waals surface area contributed by atoms with Crippen molar-refractivity contribution < 1.29 is 4.79 Å². The van der Waals surface area contributed by atoms with Crippen molar-refractivity contribution in [3.8, 4) is 0 Å². The minimum Gasteiger partial charge on any atom is -0.369 e. The van der Waals surface area contributed by atoms with Gasteiger partial charge in [-0.15, -0.1) is 0 Å². The van der Waals surface area contributed by atoms with Gasteiger partial charge in [0.25, 0.3) is 5.91 Å². The van der Waals surface area contributed by atoms with Gasteiger partial charge in [-0.25, -0.2) is 9.67 Å². The molecule has 0 saturated carbocycles. The molecule has 1 aliphatic heterocycles. The van der Waals surface area contributed by atoms with E-state index < -0.39 is 0 Å². The minimum atomic E-state index is -0.156. The van der Waals surface area contributed by atoms with E-state index >= 15 is 0 Å². The first-order valence-electron chi connectivity index (χ1n) is 12.3. The molecule has 7 heteroatoms. The molecule has 1 amide bonds. The fraction of sp³-hybridized carbons (Fsp3) is 0.321. The fourth-order valence-corrected chi connectivity index (χ4v) is 4.63. The molecule has 1 saturated heterocycles. The lowest BCUT2D eigenvalue weighted by molar-refractivity contribution is 0.102. The summed E-state index contributed by atoms with van der Waals surface area (Å²) < 4.78 is 1.88. The van der Waals surface area contributed by atoms with Crippen molar-refractivity contribution in [2.24, 2.45) is 0 Å². The first kappa shape index (κ1) is 23.1. The number of amides is 1. The minimum absolute atomic E-state index is 0.156. The average Bonchev–Trinajstić information content (AvgIpc) is 3.28. The molecule has 0 atom stereocenters. The molecule has 7 nitrogen and oxygen atoms in total. The van der Waals surface area contributed by atoms with Gasteiger partial charge >= 0.3 is 0 Å². The molecule has 180 valence electrons. The van der Waals surface area contributed by atoms with Gasteiger partial charge in [0.2, 0.25) is 0 Å². The molecule has 35 heavy (non-hydrogen) atoms. The number of anilines is 2. The van der Waals surface area contributed by atoms with Crippen molar-refractivity contribution in [1.29, 1.82) is 0 Å². The number of pyridine rings is 1. The summed E-state index contributed by atoms with van der Waals surface area (Å²) in [5, 5.41) is 8.31. The second-order valence-corrected chi connectivity index (χ2v) is 9.47. The van der Waals surface area contributed by atoms with Gasteiger partial charge < -0.3 is 10.2 Å². The average molecular weight is 469 g/mol. The molecule has 0 spiro atoms. The van der Waals surface area contributed by atoms with Crippen molar-refractivity contribution in [3.05, 3.63) is 83.7 Å². The predicted molar refractivity (Wildman–Crippen MR) is 141 cm³/mol. The van der Waals surface area contributed by atoms with Gasteiger partial charge in [0, 0.05) is 55.5 Å². The van der Waals surface area contributed by atoms with Gasteiger partial charge in [0.15, 0.2) is 5.65 Å². The van der Waals surface area contributed by atoms with Gasteiger partial charge in [-0.1, -0.05) is 30.3 Å². The van der Waals surface area contributed by atoms with Crippen LogP contribution in [0.2, 0.25) is 0 Å². The Balaban J connectivity index is 1.20. The molecule has 1 N–H and O–H groups in total.